The van der Waals surface area contributed by atoms with E-state index in [-0.39, 0.29) is 0 Å². The molecule has 0 bridgehead atoms. The fourth-order valence-electron chi connectivity index (χ4n) is 8.13. The second kappa shape index (κ2) is 12.5. The summed E-state index contributed by atoms with van der Waals surface area (Å²) in [6.07, 6.45) is 0. The summed E-state index contributed by atoms with van der Waals surface area (Å²) >= 11 is 0. The molecule has 1 aromatic heterocycles. The molecule has 9 aromatic carbocycles. The van der Waals surface area contributed by atoms with Crippen LogP contribution in [0.3, 0.4) is 0 Å². The largest absolute Gasteiger partial charge is 0.309 e. The second-order valence-corrected chi connectivity index (χ2v) is 13.3. The van der Waals surface area contributed by atoms with Gasteiger partial charge in [0.2, 0.25) is 0 Å². The average molecular weight is 663 g/mol. The van der Waals surface area contributed by atoms with Gasteiger partial charge in [-0.1, -0.05) is 170 Å². The van der Waals surface area contributed by atoms with E-state index in [0.717, 1.165) is 22.7 Å². The van der Waals surface area contributed by atoms with Crippen molar-refractivity contribution < 1.29 is 0 Å². The van der Waals surface area contributed by atoms with Gasteiger partial charge in [-0.2, -0.15) is 0 Å². The molecule has 0 aliphatic heterocycles. The van der Waals surface area contributed by atoms with Crippen LogP contribution in [-0.4, -0.2) is 4.57 Å². The Morgan fingerprint density at radius 1 is 0.346 bits per heavy atom. The molecule has 0 aliphatic carbocycles. The number of hydrogen-bond acceptors (Lipinski definition) is 1. The first-order chi connectivity index (χ1) is 25.8. The lowest BCUT2D eigenvalue weighted by Crippen LogP contribution is -2.13. The van der Waals surface area contributed by atoms with Gasteiger partial charge >= 0.3 is 0 Å². The molecule has 10 rings (SSSR count). The lowest BCUT2D eigenvalue weighted by atomic mass is 9.89. The van der Waals surface area contributed by atoms with E-state index in [1.165, 1.54) is 65.6 Å². The number of anilines is 3. The van der Waals surface area contributed by atoms with Gasteiger partial charge in [0.25, 0.3) is 0 Å². The zero-order valence-corrected chi connectivity index (χ0v) is 28.5. The molecule has 0 fully saturated rings. The molecule has 0 amide bonds. The standard InChI is InChI=1S/C50H34N2/c1-4-18-35(19-5-1)39-24-14-16-30-46(39)52(38-32-33-41-40-25-15-17-31-47(40)51(48(41)34-38)37-22-8-3-9-23-37)50-44-28-12-10-26-42(44)49(36-20-6-2-7-21-36)43-27-11-13-29-45(43)50/h1-34H. The van der Waals surface area contributed by atoms with Crippen molar-refractivity contribution in [3.63, 3.8) is 0 Å². The number of benzene rings is 9. The van der Waals surface area contributed by atoms with Crippen LogP contribution < -0.4 is 4.90 Å². The van der Waals surface area contributed by atoms with E-state index in [4.69, 9.17) is 0 Å². The molecule has 0 saturated carbocycles. The van der Waals surface area contributed by atoms with Crippen LogP contribution in [0.25, 0.3) is 71.3 Å². The Morgan fingerprint density at radius 3 is 1.52 bits per heavy atom. The minimum absolute atomic E-state index is 1.10. The highest BCUT2D eigenvalue weighted by atomic mass is 15.2. The van der Waals surface area contributed by atoms with Crippen molar-refractivity contribution in [2.45, 2.75) is 0 Å². The fourth-order valence-corrected chi connectivity index (χ4v) is 8.13. The van der Waals surface area contributed by atoms with Gasteiger partial charge in [-0.15, -0.1) is 0 Å². The number of fused-ring (bicyclic) bond motifs is 5. The number of hydrogen-bond donors (Lipinski definition) is 0. The highest BCUT2D eigenvalue weighted by molar-refractivity contribution is 6.23. The third-order valence-corrected chi connectivity index (χ3v) is 10.3. The van der Waals surface area contributed by atoms with Crippen molar-refractivity contribution in [1.29, 1.82) is 0 Å². The smallest absolute Gasteiger partial charge is 0.0619 e. The van der Waals surface area contributed by atoms with Crippen molar-refractivity contribution in [2.24, 2.45) is 0 Å². The van der Waals surface area contributed by atoms with E-state index in [0.29, 0.717) is 0 Å². The molecule has 0 radical (unpaired) electrons. The van der Waals surface area contributed by atoms with E-state index in [1.54, 1.807) is 0 Å². The predicted octanol–water partition coefficient (Wildman–Crippen LogP) is 13.9. The summed E-state index contributed by atoms with van der Waals surface area (Å²) in [6.45, 7) is 0. The maximum atomic E-state index is 2.51. The normalized spacial score (nSPS) is 11.5. The topological polar surface area (TPSA) is 8.17 Å². The predicted molar refractivity (Wildman–Crippen MR) is 221 cm³/mol. The van der Waals surface area contributed by atoms with Crippen LogP contribution in [0.2, 0.25) is 0 Å². The van der Waals surface area contributed by atoms with Crippen molar-refractivity contribution in [3.8, 4) is 27.9 Å². The minimum atomic E-state index is 1.10. The summed E-state index contributed by atoms with van der Waals surface area (Å²) in [5.41, 5.74) is 11.7. The molecule has 0 unspecified atom stereocenters. The maximum Gasteiger partial charge on any atom is 0.0619 e. The molecule has 2 nitrogen and oxygen atoms in total. The van der Waals surface area contributed by atoms with E-state index in [9.17, 15) is 0 Å². The van der Waals surface area contributed by atoms with Gasteiger partial charge in [0, 0.05) is 38.5 Å². The van der Waals surface area contributed by atoms with Crippen LogP contribution in [-0.2, 0) is 0 Å². The van der Waals surface area contributed by atoms with Gasteiger partial charge in [-0.25, -0.2) is 0 Å². The lowest BCUT2D eigenvalue weighted by molar-refractivity contribution is 1.18. The van der Waals surface area contributed by atoms with E-state index < -0.39 is 0 Å². The van der Waals surface area contributed by atoms with E-state index in [1.807, 2.05) is 0 Å². The first-order valence-electron chi connectivity index (χ1n) is 17.9. The minimum Gasteiger partial charge on any atom is -0.309 e. The number of nitrogens with zero attached hydrogens (tertiary/aromatic N) is 2. The Kier molecular flexibility index (Phi) is 7.18. The first kappa shape index (κ1) is 30.0. The van der Waals surface area contributed by atoms with Gasteiger partial charge in [-0.3, -0.25) is 0 Å². The fraction of sp³-hybridized carbons (Fsp3) is 0. The maximum absolute atomic E-state index is 2.51. The Hall–Kier alpha value is -6.90. The average Bonchev–Trinajstić information content (AvgIpc) is 3.55. The molecule has 0 aliphatic rings. The molecular formula is C50H34N2. The highest BCUT2D eigenvalue weighted by Gasteiger charge is 2.25. The van der Waals surface area contributed by atoms with Gasteiger partial charge in [0.1, 0.15) is 0 Å². The molecule has 52 heavy (non-hydrogen) atoms. The molecular weight excluding hydrogens is 629 g/mol. The quantitative estimate of drug-likeness (QED) is 0.161. The molecule has 0 saturated heterocycles. The third-order valence-electron chi connectivity index (χ3n) is 10.3. The lowest BCUT2D eigenvalue weighted by Gasteiger charge is -2.31. The van der Waals surface area contributed by atoms with Gasteiger partial charge in [0.05, 0.1) is 22.4 Å². The van der Waals surface area contributed by atoms with E-state index in [2.05, 4.69) is 216 Å². The van der Waals surface area contributed by atoms with Crippen molar-refractivity contribution in [3.05, 3.63) is 206 Å². The molecule has 0 spiro atoms. The molecule has 10 aromatic rings. The van der Waals surface area contributed by atoms with Crippen molar-refractivity contribution in [2.75, 3.05) is 4.90 Å². The van der Waals surface area contributed by atoms with Crippen LogP contribution in [0, 0.1) is 0 Å². The number of aromatic nitrogens is 1. The zero-order valence-electron chi connectivity index (χ0n) is 28.5. The summed E-state index contributed by atoms with van der Waals surface area (Å²) in [7, 11) is 0. The molecule has 244 valence electrons. The second-order valence-electron chi connectivity index (χ2n) is 13.3. The summed E-state index contributed by atoms with van der Waals surface area (Å²) < 4.78 is 2.41. The van der Waals surface area contributed by atoms with Gasteiger partial charge in [-0.05, 0) is 63.9 Å². The Balaban J connectivity index is 1.35. The van der Waals surface area contributed by atoms with Crippen LogP contribution in [0.1, 0.15) is 0 Å². The van der Waals surface area contributed by atoms with Crippen molar-refractivity contribution in [1.82, 2.24) is 4.57 Å². The Labute approximate surface area is 303 Å². The molecule has 0 N–H and O–H groups in total. The van der Waals surface area contributed by atoms with Crippen molar-refractivity contribution >= 4 is 60.4 Å². The number of rotatable bonds is 6. The van der Waals surface area contributed by atoms with Crippen LogP contribution in [0.15, 0.2) is 206 Å². The number of para-hydroxylation sites is 3. The summed E-state index contributed by atoms with van der Waals surface area (Å²) in [5, 5.41) is 7.33. The molecule has 2 heteroatoms. The zero-order chi connectivity index (χ0) is 34.4. The van der Waals surface area contributed by atoms with Crippen LogP contribution in [0.5, 0.6) is 0 Å². The van der Waals surface area contributed by atoms with Gasteiger partial charge in [0.15, 0.2) is 0 Å². The Bertz CT molecular complexity index is 2830. The third kappa shape index (κ3) is 4.80. The molecule has 0 atom stereocenters. The highest BCUT2D eigenvalue weighted by Crippen LogP contribution is 2.50. The molecule has 1 heterocycles. The van der Waals surface area contributed by atoms with Crippen LogP contribution in [0.4, 0.5) is 17.1 Å². The Morgan fingerprint density at radius 2 is 0.846 bits per heavy atom. The summed E-state index contributed by atoms with van der Waals surface area (Å²) in [4.78, 5) is 2.51. The van der Waals surface area contributed by atoms with E-state index >= 15 is 0 Å². The first-order valence-corrected chi connectivity index (χ1v) is 17.9. The summed E-state index contributed by atoms with van der Waals surface area (Å²) in [6, 6.07) is 74.7. The summed E-state index contributed by atoms with van der Waals surface area (Å²) in [5.74, 6) is 0. The van der Waals surface area contributed by atoms with Gasteiger partial charge < -0.3 is 9.47 Å². The monoisotopic (exact) mass is 662 g/mol. The SMILES string of the molecule is c1ccc(-c2ccccc2N(c2ccc3c4ccccc4n(-c4ccccc4)c3c2)c2c3ccccc3c(-c3ccccc3)c3ccccc23)cc1. The van der Waals surface area contributed by atoms with Crippen LogP contribution >= 0.6 is 0 Å².